The fraction of sp³-hybridized carbons (Fsp3) is 0.240. The number of benzene rings is 2. The van der Waals surface area contributed by atoms with Crippen LogP contribution in [0, 0.1) is 0 Å². The van der Waals surface area contributed by atoms with E-state index in [1.165, 1.54) is 19.2 Å². The summed E-state index contributed by atoms with van der Waals surface area (Å²) in [5.74, 6) is -3.63. The van der Waals surface area contributed by atoms with Crippen LogP contribution in [0.3, 0.4) is 0 Å². The van der Waals surface area contributed by atoms with E-state index < -0.39 is 35.6 Å². The maximum absolute atomic E-state index is 13.8. The summed E-state index contributed by atoms with van der Waals surface area (Å²) in [6, 6.07) is 17.1. The monoisotopic (exact) mass is 541 g/mol. The van der Waals surface area contributed by atoms with E-state index in [-0.39, 0.29) is 17.9 Å². The molecule has 2 aromatic rings. The van der Waals surface area contributed by atoms with Crippen LogP contribution in [0.5, 0.6) is 0 Å². The Kier molecular flexibility index (Phi) is 7.73. The molecule has 202 valence electrons. The topological polar surface area (TPSA) is 105 Å². The molecule has 2 aliphatic rings. The lowest BCUT2D eigenvalue weighted by atomic mass is 9.68. The third-order valence-electron chi connectivity index (χ3n) is 5.84. The van der Waals surface area contributed by atoms with Gasteiger partial charge in [-0.25, -0.2) is 9.79 Å². The van der Waals surface area contributed by atoms with E-state index in [1.807, 2.05) is 6.07 Å². The molecule has 38 heavy (non-hydrogen) atoms. The summed E-state index contributed by atoms with van der Waals surface area (Å²) in [5, 5.41) is 7.12. The molecule has 13 heteroatoms. The number of halogens is 6. The average Bonchev–Trinajstić information content (AvgIpc) is 3.09. The predicted octanol–water partition coefficient (Wildman–Crippen LogP) is 4.62. The summed E-state index contributed by atoms with van der Waals surface area (Å²) in [6.07, 6.45) is -5.91. The molecular formula is C25H21F6N3O4. The standard InChI is InChI=1S/C23H20F3N3O2.C2HF3O2/c1-29-19(30)22(28-20(29)27,18-12-6-3-7-13-18)21(31-23(24,25)26)14-8-11-17(15-21)16-9-4-2-5-10-16;3-2(4,5)1(6)7/h2-14H,15H2,1H3,(H2,27,28);(H,6,7). The van der Waals surface area contributed by atoms with Crippen molar-refractivity contribution in [2.75, 3.05) is 7.05 Å². The quantitative estimate of drug-likeness (QED) is 0.550. The highest BCUT2D eigenvalue weighted by Gasteiger charge is 2.65. The number of carboxylic acid groups (broad SMARTS) is 1. The molecule has 1 aliphatic heterocycles. The molecule has 0 saturated heterocycles. The van der Waals surface area contributed by atoms with Crippen molar-refractivity contribution >= 4 is 23.4 Å². The number of rotatable bonds is 4. The van der Waals surface area contributed by atoms with Crippen LogP contribution in [-0.2, 0) is 19.9 Å². The zero-order valence-corrected chi connectivity index (χ0v) is 19.6. The van der Waals surface area contributed by atoms with Crippen molar-refractivity contribution in [1.82, 2.24) is 4.90 Å². The molecule has 2 aromatic carbocycles. The number of carbonyl (C=O) groups excluding carboxylic acids is 1. The van der Waals surface area contributed by atoms with Crippen LogP contribution in [0.25, 0.3) is 5.57 Å². The highest BCUT2D eigenvalue weighted by Crippen LogP contribution is 2.52. The Morgan fingerprint density at radius 2 is 1.55 bits per heavy atom. The van der Waals surface area contributed by atoms with Crippen molar-refractivity contribution in [3.8, 4) is 0 Å². The maximum atomic E-state index is 13.8. The van der Waals surface area contributed by atoms with Gasteiger partial charge in [-0.1, -0.05) is 72.8 Å². The molecule has 7 nitrogen and oxygen atoms in total. The molecule has 3 N–H and O–H groups in total. The number of hydrogen-bond donors (Lipinski definition) is 2. The minimum atomic E-state index is -5.08. The Labute approximate surface area is 212 Å². The smallest absolute Gasteiger partial charge is 0.475 e. The molecule has 4 rings (SSSR count). The molecule has 1 heterocycles. The van der Waals surface area contributed by atoms with Gasteiger partial charge in [0.1, 0.15) is 5.60 Å². The van der Waals surface area contributed by atoms with Crippen molar-refractivity contribution in [2.24, 2.45) is 10.7 Å². The fourth-order valence-electron chi connectivity index (χ4n) is 4.20. The Bertz CT molecular complexity index is 1280. The number of amides is 1. The lowest BCUT2D eigenvalue weighted by Crippen LogP contribution is -2.59. The van der Waals surface area contributed by atoms with E-state index in [9.17, 15) is 31.1 Å². The van der Waals surface area contributed by atoms with Crippen LogP contribution in [-0.4, -0.2) is 53.0 Å². The molecule has 0 aromatic heterocycles. The van der Waals surface area contributed by atoms with Gasteiger partial charge in [0.15, 0.2) is 5.96 Å². The van der Waals surface area contributed by atoms with E-state index in [0.717, 1.165) is 10.5 Å². The van der Waals surface area contributed by atoms with E-state index >= 15 is 0 Å². The first kappa shape index (κ1) is 28.4. The molecule has 0 spiro atoms. The molecular weight excluding hydrogens is 520 g/mol. The molecule has 1 amide bonds. The third-order valence-corrected chi connectivity index (χ3v) is 5.84. The average molecular weight is 541 g/mol. The summed E-state index contributed by atoms with van der Waals surface area (Å²) >= 11 is 0. The summed E-state index contributed by atoms with van der Waals surface area (Å²) in [6.45, 7) is 0. The lowest BCUT2D eigenvalue weighted by molar-refractivity contribution is -0.365. The molecule has 0 radical (unpaired) electrons. The second-order valence-corrected chi connectivity index (χ2v) is 8.24. The number of carboxylic acids is 1. The van der Waals surface area contributed by atoms with Gasteiger partial charge < -0.3 is 10.8 Å². The number of guanidine groups is 1. The fourth-order valence-corrected chi connectivity index (χ4v) is 4.20. The highest BCUT2D eigenvalue weighted by molar-refractivity contribution is 6.08. The number of hydrogen-bond acceptors (Lipinski definition) is 5. The van der Waals surface area contributed by atoms with Gasteiger partial charge in [-0.2, -0.15) is 13.2 Å². The summed E-state index contributed by atoms with van der Waals surface area (Å²) < 4.78 is 77.9. The normalized spacial score (nSPS) is 23.3. The number of nitrogens with two attached hydrogens (primary N) is 1. The molecule has 0 fully saturated rings. The van der Waals surface area contributed by atoms with Crippen molar-refractivity contribution in [2.45, 2.75) is 30.1 Å². The Morgan fingerprint density at radius 3 is 2.00 bits per heavy atom. The second kappa shape index (κ2) is 10.3. The van der Waals surface area contributed by atoms with Crippen LogP contribution in [0.1, 0.15) is 17.5 Å². The predicted molar refractivity (Wildman–Crippen MR) is 124 cm³/mol. The van der Waals surface area contributed by atoms with E-state index in [1.54, 1.807) is 60.7 Å². The lowest BCUT2D eigenvalue weighted by Gasteiger charge is -2.45. The second-order valence-electron chi connectivity index (χ2n) is 8.24. The Morgan fingerprint density at radius 1 is 1.03 bits per heavy atom. The number of carbonyl (C=O) groups is 2. The van der Waals surface area contributed by atoms with Crippen molar-refractivity contribution in [3.63, 3.8) is 0 Å². The molecule has 0 saturated carbocycles. The van der Waals surface area contributed by atoms with E-state index in [0.29, 0.717) is 5.57 Å². The Balaban J connectivity index is 0.000000505. The number of likely N-dealkylation sites (N-methyl/N-ethyl adjacent to an activating group) is 1. The van der Waals surface area contributed by atoms with Crippen LogP contribution in [0.15, 0.2) is 83.9 Å². The first-order valence-corrected chi connectivity index (χ1v) is 10.8. The SMILES string of the molecule is CN1C(=O)C(c2ccccc2)(C2(OC(F)(F)F)C=CC=C(c3ccccc3)C2)N=C1N.O=C(O)C(F)(F)F. The number of nitrogens with zero attached hydrogens (tertiary/aromatic N) is 2. The summed E-state index contributed by atoms with van der Waals surface area (Å²) in [7, 11) is 1.38. The van der Waals surface area contributed by atoms with Gasteiger partial charge in [0.05, 0.1) is 0 Å². The van der Waals surface area contributed by atoms with Crippen LogP contribution in [0.2, 0.25) is 0 Å². The maximum Gasteiger partial charge on any atom is 0.523 e. The van der Waals surface area contributed by atoms with Gasteiger partial charge >= 0.3 is 18.5 Å². The van der Waals surface area contributed by atoms with Gasteiger partial charge in [0.2, 0.25) is 5.54 Å². The van der Waals surface area contributed by atoms with Gasteiger partial charge in [0, 0.05) is 13.5 Å². The third kappa shape index (κ3) is 5.57. The largest absolute Gasteiger partial charge is 0.523 e. The summed E-state index contributed by atoms with van der Waals surface area (Å²) in [5.41, 5.74) is 3.27. The molecule has 2 atom stereocenters. The number of allylic oxidation sites excluding steroid dienone is 2. The molecule has 1 aliphatic carbocycles. The first-order chi connectivity index (χ1) is 17.6. The number of ether oxygens (including phenoxy) is 1. The van der Waals surface area contributed by atoms with Gasteiger partial charge in [-0.3, -0.25) is 14.4 Å². The van der Waals surface area contributed by atoms with E-state index in [4.69, 9.17) is 20.4 Å². The minimum Gasteiger partial charge on any atom is -0.475 e. The van der Waals surface area contributed by atoms with Crippen molar-refractivity contribution < 1.29 is 45.8 Å². The van der Waals surface area contributed by atoms with Crippen LogP contribution >= 0.6 is 0 Å². The Hall–Kier alpha value is -4.13. The van der Waals surface area contributed by atoms with Crippen LogP contribution in [0.4, 0.5) is 26.3 Å². The summed E-state index contributed by atoms with van der Waals surface area (Å²) in [4.78, 5) is 27.8. The van der Waals surface area contributed by atoms with Gasteiger partial charge in [0.25, 0.3) is 5.91 Å². The number of alkyl halides is 6. The minimum absolute atomic E-state index is 0.178. The number of aliphatic carboxylic acids is 1. The van der Waals surface area contributed by atoms with Crippen molar-refractivity contribution in [1.29, 1.82) is 0 Å². The van der Waals surface area contributed by atoms with E-state index in [2.05, 4.69) is 4.99 Å². The molecule has 2 unspecified atom stereocenters. The molecule has 0 bridgehead atoms. The van der Waals surface area contributed by atoms with Gasteiger partial charge in [-0.05, 0) is 22.8 Å². The van der Waals surface area contributed by atoms with Crippen LogP contribution < -0.4 is 5.73 Å². The zero-order valence-electron chi connectivity index (χ0n) is 19.6. The van der Waals surface area contributed by atoms with Crippen molar-refractivity contribution in [3.05, 3.63) is 90.0 Å². The number of aliphatic imine (C=N–C) groups is 1. The highest BCUT2D eigenvalue weighted by atomic mass is 19.4. The van der Waals surface area contributed by atoms with Gasteiger partial charge in [-0.15, -0.1) is 13.2 Å². The zero-order chi connectivity index (χ0) is 28.4. The first-order valence-electron chi connectivity index (χ1n) is 10.8.